The van der Waals surface area contributed by atoms with Gasteiger partial charge in [-0.1, -0.05) is 62.4 Å². The summed E-state index contributed by atoms with van der Waals surface area (Å²) in [4.78, 5) is 19.6. The maximum Gasteiger partial charge on any atom is 0.293 e. The number of nitrogens with zero attached hydrogens (tertiary/aromatic N) is 4. The van der Waals surface area contributed by atoms with Gasteiger partial charge in [-0.05, 0) is 24.0 Å². The van der Waals surface area contributed by atoms with E-state index in [1.54, 1.807) is 4.68 Å². The van der Waals surface area contributed by atoms with E-state index in [0.717, 1.165) is 17.7 Å². The summed E-state index contributed by atoms with van der Waals surface area (Å²) < 4.78 is 1.74. The lowest BCUT2D eigenvalue weighted by atomic mass is 9.79. The second kappa shape index (κ2) is 8.35. The number of rotatable bonds is 3. The van der Waals surface area contributed by atoms with E-state index in [2.05, 4.69) is 23.9 Å². The van der Waals surface area contributed by atoms with Crippen molar-refractivity contribution in [2.45, 2.75) is 26.3 Å². The van der Waals surface area contributed by atoms with Gasteiger partial charge in [-0.25, -0.2) is 9.67 Å². The van der Waals surface area contributed by atoms with Crippen molar-refractivity contribution in [2.24, 2.45) is 11.1 Å². The maximum absolute atomic E-state index is 13.2. The topological polar surface area (TPSA) is 77.0 Å². The minimum absolute atomic E-state index is 0. The number of amides is 1. The number of aromatic nitrogens is 3. The van der Waals surface area contributed by atoms with Crippen LogP contribution in [0.25, 0.3) is 17.1 Å². The lowest BCUT2D eigenvalue weighted by Gasteiger charge is -2.42. The Kier molecular flexibility index (Phi) is 6.05. The molecule has 0 spiro atoms. The predicted molar refractivity (Wildman–Crippen MR) is 116 cm³/mol. The monoisotopic (exact) mass is 411 g/mol. The van der Waals surface area contributed by atoms with Crippen LogP contribution in [0.3, 0.4) is 0 Å². The van der Waals surface area contributed by atoms with Crippen LogP contribution in [0.4, 0.5) is 0 Å². The highest BCUT2D eigenvalue weighted by molar-refractivity contribution is 5.91. The second-order valence-electron chi connectivity index (χ2n) is 7.98. The summed E-state index contributed by atoms with van der Waals surface area (Å²) in [7, 11) is 0. The highest BCUT2D eigenvalue weighted by Gasteiger charge is 2.36. The van der Waals surface area contributed by atoms with Gasteiger partial charge in [-0.15, -0.1) is 17.5 Å². The molecule has 2 N–H and O–H groups in total. The lowest BCUT2D eigenvalue weighted by molar-refractivity contribution is 0.0521. The fraction of sp³-hybridized carbons (Fsp3) is 0.318. The molecule has 7 heteroatoms. The highest BCUT2D eigenvalue weighted by atomic mass is 35.5. The average molecular weight is 412 g/mol. The summed E-state index contributed by atoms with van der Waals surface area (Å²) >= 11 is 0. The number of likely N-dealkylation sites (tertiary alicyclic amines) is 1. The summed E-state index contributed by atoms with van der Waals surface area (Å²) in [5, 5.41) is 4.58. The second-order valence-corrected chi connectivity index (χ2v) is 7.98. The molecule has 1 saturated heterocycles. The molecule has 0 aliphatic carbocycles. The van der Waals surface area contributed by atoms with Crippen molar-refractivity contribution in [3.05, 3.63) is 66.5 Å². The first-order chi connectivity index (χ1) is 13.5. The van der Waals surface area contributed by atoms with E-state index in [1.165, 1.54) is 0 Å². The van der Waals surface area contributed by atoms with Crippen LogP contribution in [0, 0.1) is 5.41 Å². The maximum atomic E-state index is 13.2. The van der Waals surface area contributed by atoms with E-state index >= 15 is 0 Å². The molecule has 6 nitrogen and oxygen atoms in total. The highest BCUT2D eigenvalue weighted by Crippen LogP contribution is 2.29. The average Bonchev–Trinajstić information content (AvgIpc) is 3.16. The Morgan fingerprint density at radius 1 is 1.07 bits per heavy atom. The van der Waals surface area contributed by atoms with Gasteiger partial charge in [0, 0.05) is 24.7 Å². The lowest BCUT2D eigenvalue weighted by Crippen LogP contribution is -2.54. The number of carbonyl (C=O) groups is 1. The fourth-order valence-corrected chi connectivity index (χ4v) is 3.61. The van der Waals surface area contributed by atoms with Gasteiger partial charge in [0.15, 0.2) is 5.82 Å². The van der Waals surface area contributed by atoms with Gasteiger partial charge in [0.25, 0.3) is 5.91 Å². The van der Waals surface area contributed by atoms with Crippen molar-refractivity contribution in [1.29, 1.82) is 0 Å². The molecule has 1 aromatic heterocycles. The molecule has 0 bridgehead atoms. The molecule has 0 saturated carbocycles. The van der Waals surface area contributed by atoms with Crippen molar-refractivity contribution in [3.63, 3.8) is 0 Å². The summed E-state index contributed by atoms with van der Waals surface area (Å²) in [6, 6.07) is 19.7. The van der Waals surface area contributed by atoms with Crippen molar-refractivity contribution in [1.82, 2.24) is 19.7 Å². The standard InChI is InChI=1S/C22H25N5O.ClH/c1-22(2)15-26(14-13-18(22)23)21(28)19-24-20(16-9-5-3-6-10-16)27(25-19)17-11-7-4-8-12-17;/h3-12,18H,13-15,23H2,1-2H3;1H. The van der Waals surface area contributed by atoms with E-state index in [1.807, 2.05) is 65.6 Å². The van der Waals surface area contributed by atoms with Gasteiger partial charge >= 0.3 is 0 Å². The number of carbonyl (C=O) groups excluding carboxylic acids is 1. The molecule has 1 amide bonds. The van der Waals surface area contributed by atoms with E-state index in [-0.39, 0.29) is 35.6 Å². The number of para-hydroxylation sites is 1. The largest absolute Gasteiger partial charge is 0.335 e. The van der Waals surface area contributed by atoms with E-state index < -0.39 is 0 Å². The zero-order chi connectivity index (χ0) is 19.7. The number of piperidine rings is 1. The van der Waals surface area contributed by atoms with Gasteiger partial charge in [-0.3, -0.25) is 4.79 Å². The molecule has 29 heavy (non-hydrogen) atoms. The van der Waals surface area contributed by atoms with Crippen molar-refractivity contribution >= 4 is 18.3 Å². The molecule has 2 heterocycles. The number of benzene rings is 2. The third-order valence-electron chi connectivity index (χ3n) is 5.43. The molecule has 2 aromatic carbocycles. The molecular weight excluding hydrogens is 386 g/mol. The van der Waals surface area contributed by atoms with E-state index in [0.29, 0.717) is 18.9 Å². The molecule has 4 rings (SSSR count). The van der Waals surface area contributed by atoms with Crippen LogP contribution in [0.5, 0.6) is 0 Å². The molecule has 3 aromatic rings. The number of halogens is 1. The van der Waals surface area contributed by atoms with Gasteiger partial charge in [0.05, 0.1) is 5.69 Å². The molecule has 1 atom stereocenters. The van der Waals surface area contributed by atoms with Crippen LogP contribution in [-0.2, 0) is 0 Å². The first-order valence-electron chi connectivity index (χ1n) is 9.58. The third-order valence-corrected chi connectivity index (χ3v) is 5.43. The summed E-state index contributed by atoms with van der Waals surface area (Å²) in [6.07, 6.45) is 0.781. The van der Waals surface area contributed by atoms with Gasteiger partial charge in [0.1, 0.15) is 0 Å². The number of nitrogens with two attached hydrogens (primary N) is 1. The van der Waals surface area contributed by atoms with Gasteiger partial charge < -0.3 is 10.6 Å². The van der Waals surface area contributed by atoms with Crippen LogP contribution in [0.2, 0.25) is 0 Å². The first kappa shape index (κ1) is 21.0. The summed E-state index contributed by atoms with van der Waals surface area (Å²) in [6.45, 7) is 5.43. The normalized spacial score (nSPS) is 18.2. The predicted octanol–water partition coefficient (Wildman–Crippen LogP) is 3.56. The molecule has 1 fully saturated rings. The Morgan fingerprint density at radius 2 is 1.69 bits per heavy atom. The Morgan fingerprint density at radius 3 is 2.31 bits per heavy atom. The molecule has 1 aliphatic heterocycles. The van der Waals surface area contributed by atoms with Crippen LogP contribution >= 0.6 is 12.4 Å². The molecule has 1 unspecified atom stereocenters. The van der Waals surface area contributed by atoms with Crippen molar-refractivity contribution in [3.8, 4) is 17.1 Å². The van der Waals surface area contributed by atoms with Crippen molar-refractivity contribution in [2.75, 3.05) is 13.1 Å². The van der Waals surface area contributed by atoms with E-state index in [9.17, 15) is 4.79 Å². The van der Waals surface area contributed by atoms with Crippen LogP contribution < -0.4 is 5.73 Å². The minimum Gasteiger partial charge on any atom is -0.335 e. The Balaban J connectivity index is 0.00000240. The van der Waals surface area contributed by atoms with Crippen LogP contribution in [0.1, 0.15) is 30.9 Å². The SMILES string of the molecule is CC1(C)CN(C(=O)c2nc(-c3ccccc3)n(-c3ccccc3)n2)CCC1N.Cl. The van der Waals surface area contributed by atoms with Gasteiger partial charge in [0.2, 0.25) is 5.82 Å². The van der Waals surface area contributed by atoms with E-state index in [4.69, 9.17) is 5.73 Å². The zero-order valence-corrected chi connectivity index (χ0v) is 17.5. The van der Waals surface area contributed by atoms with Gasteiger partial charge in [-0.2, -0.15) is 0 Å². The Bertz CT molecular complexity index is 914. The Hall–Kier alpha value is -2.70. The molecule has 152 valence electrons. The van der Waals surface area contributed by atoms with Crippen LogP contribution in [0.15, 0.2) is 60.7 Å². The smallest absolute Gasteiger partial charge is 0.293 e. The quantitative estimate of drug-likeness (QED) is 0.714. The fourth-order valence-electron chi connectivity index (χ4n) is 3.61. The zero-order valence-electron chi connectivity index (χ0n) is 16.7. The van der Waals surface area contributed by atoms with Crippen molar-refractivity contribution < 1.29 is 4.79 Å². The Labute approximate surface area is 177 Å². The summed E-state index contributed by atoms with van der Waals surface area (Å²) in [5.41, 5.74) is 7.88. The molecule has 1 aliphatic rings. The third kappa shape index (κ3) is 4.18. The number of hydrogen-bond acceptors (Lipinski definition) is 4. The molecule has 0 radical (unpaired) electrons. The van der Waals surface area contributed by atoms with Crippen LogP contribution in [-0.4, -0.2) is 44.7 Å². The summed E-state index contributed by atoms with van der Waals surface area (Å²) in [5.74, 6) is 0.726. The minimum atomic E-state index is -0.146. The molecular formula is C22H26ClN5O. The first-order valence-corrected chi connectivity index (χ1v) is 9.58. The number of hydrogen-bond donors (Lipinski definition) is 1.